The molecule has 0 radical (unpaired) electrons. The molecule has 5 heteroatoms. The first-order valence-electron chi connectivity index (χ1n) is 6.74. The summed E-state index contributed by atoms with van der Waals surface area (Å²) < 4.78 is 15.8. The lowest BCUT2D eigenvalue weighted by Gasteiger charge is -2.03. The standard InChI is InChI=1S/C15H19NO4/c1-2-3-6-18-7-8-19-15(17)14-10-11-9-12(16)4-5-13(11)20-14/h4-5,9-10H,2-3,6-8,16H2,1H3. The first kappa shape index (κ1) is 14.4. The molecule has 2 N–H and O–H groups in total. The highest BCUT2D eigenvalue weighted by molar-refractivity contribution is 5.93. The van der Waals surface area contributed by atoms with Crippen LogP contribution in [0.2, 0.25) is 0 Å². The van der Waals surface area contributed by atoms with E-state index in [1.165, 1.54) is 0 Å². The molecule has 1 aromatic heterocycles. The summed E-state index contributed by atoms with van der Waals surface area (Å²) in [7, 11) is 0. The van der Waals surface area contributed by atoms with E-state index in [0.29, 0.717) is 24.5 Å². The van der Waals surface area contributed by atoms with Crippen LogP contribution in [0.25, 0.3) is 11.0 Å². The lowest BCUT2D eigenvalue weighted by molar-refractivity contribution is 0.0286. The smallest absolute Gasteiger partial charge is 0.374 e. The Morgan fingerprint density at radius 1 is 1.25 bits per heavy atom. The average molecular weight is 277 g/mol. The molecule has 0 fully saturated rings. The molecule has 108 valence electrons. The van der Waals surface area contributed by atoms with Crippen LogP contribution in [0, 0.1) is 0 Å². The van der Waals surface area contributed by atoms with Crippen molar-refractivity contribution in [1.82, 2.24) is 0 Å². The van der Waals surface area contributed by atoms with E-state index in [0.717, 1.165) is 18.2 Å². The molecule has 0 aliphatic rings. The highest BCUT2D eigenvalue weighted by Crippen LogP contribution is 2.22. The zero-order chi connectivity index (χ0) is 14.4. The first-order chi connectivity index (χ1) is 9.70. The molecule has 0 aliphatic carbocycles. The Bertz CT molecular complexity index is 576. The van der Waals surface area contributed by atoms with Crippen molar-refractivity contribution in [2.45, 2.75) is 19.8 Å². The molecule has 0 spiro atoms. The van der Waals surface area contributed by atoms with E-state index in [9.17, 15) is 4.79 Å². The summed E-state index contributed by atoms with van der Waals surface area (Å²) in [5.41, 5.74) is 6.92. The van der Waals surface area contributed by atoms with Gasteiger partial charge < -0.3 is 19.6 Å². The zero-order valence-corrected chi connectivity index (χ0v) is 11.6. The van der Waals surface area contributed by atoms with Crippen molar-refractivity contribution < 1.29 is 18.7 Å². The van der Waals surface area contributed by atoms with E-state index in [4.69, 9.17) is 19.6 Å². The van der Waals surface area contributed by atoms with Gasteiger partial charge in [-0.3, -0.25) is 0 Å². The summed E-state index contributed by atoms with van der Waals surface area (Å²) in [5, 5.41) is 0.788. The maximum absolute atomic E-state index is 11.8. The van der Waals surface area contributed by atoms with Crippen molar-refractivity contribution >= 4 is 22.6 Å². The Morgan fingerprint density at radius 3 is 2.90 bits per heavy atom. The van der Waals surface area contributed by atoms with Gasteiger partial charge in [0.1, 0.15) is 12.2 Å². The number of rotatable bonds is 7. The third-order valence-corrected chi connectivity index (χ3v) is 2.84. The van der Waals surface area contributed by atoms with Crippen LogP contribution in [0.3, 0.4) is 0 Å². The number of esters is 1. The molecular formula is C15H19NO4. The van der Waals surface area contributed by atoms with Crippen LogP contribution in [-0.4, -0.2) is 25.8 Å². The second-order valence-corrected chi connectivity index (χ2v) is 4.51. The van der Waals surface area contributed by atoms with Crippen molar-refractivity contribution in [3.05, 3.63) is 30.0 Å². The Hall–Kier alpha value is -2.01. The summed E-state index contributed by atoms with van der Waals surface area (Å²) in [6.45, 7) is 3.41. The molecule has 2 aromatic rings. The monoisotopic (exact) mass is 277 g/mol. The van der Waals surface area contributed by atoms with Crippen molar-refractivity contribution in [3.8, 4) is 0 Å². The van der Waals surface area contributed by atoms with Crippen molar-refractivity contribution in [2.24, 2.45) is 0 Å². The van der Waals surface area contributed by atoms with Gasteiger partial charge in [0.25, 0.3) is 0 Å². The third-order valence-electron chi connectivity index (χ3n) is 2.84. The molecule has 5 nitrogen and oxygen atoms in total. The third kappa shape index (κ3) is 3.74. The van der Waals surface area contributed by atoms with Gasteiger partial charge in [0.15, 0.2) is 0 Å². The lowest BCUT2D eigenvalue weighted by Crippen LogP contribution is -2.10. The summed E-state index contributed by atoms with van der Waals surface area (Å²) in [4.78, 5) is 11.8. The van der Waals surface area contributed by atoms with Crippen LogP contribution >= 0.6 is 0 Å². The Kier molecular flexibility index (Phi) is 5.01. The number of hydrogen-bond donors (Lipinski definition) is 1. The normalized spacial score (nSPS) is 10.8. The van der Waals surface area contributed by atoms with Crippen LogP contribution in [0.15, 0.2) is 28.7 Å². The van der Waals surface area contributed by atoms with Crippen LogP contribution in [-0.2, 0) is 9.47 Å². The first-order valence-corrected chi connectivity index (χ1v) is 6.74. The number of unbranched alkanes of at least 4 members (excludes halogenated alkanes) is 1. The molecule has 0 unspecified atom stereocenters. The van der Waals surface area contributed by atoms with E-state index < -0.39 is 5.97 Å². The Morgan fingerprint density at radius 2 is 2.10 bits per heavy atom. The van der Waals surface area contributed by atoms with Gasteiger partial charge in [-0.15, -0.1) is 0 Å². The lowest BCUT2D eigenvalue weighted by atomic mass is 10.2. The van der Waals surface area contributed by atoms with Gasteiger partial charge in [0, 0.05) is 17.7 Å². The fraction of sp³-hybridized carbons (Fsp3) is 0.400. The van der Waals surface area contributed by atoms with Crippen LogP contribution in [0.4, 0.5) is 5.69 Å². The number of carbonyl (C=O) groups is 1. The number of benzene rings is 1. The summed E-state index contributed by atoms with van der Waals surface area (Å²) >= 11 is 0. The number of nitrogens with two attached hydrogens (primary N) is 1. The number of ether oxygens (including phenoxy) is 2. The highest BCUT2D eigenvalue weighted by Gasteiger charge is 2.13. The van der Waals surface area contributed by atoms with E-state index in [2.05, 4.69) is 6.92 Å². The molecule has 0 saturated carbocycles. The fourth-order valence-electron chi connectivity index (χ4n) is 1.78. The molecule has 0 atom stereocenters. The molecular weight excluding hydrogens is 258 g/mol. The van der Waals surface area contributed by atoms with Gasteiger partial charge in [0.05, 0.1) is 6.61 Å². The average Bonchev–Trinajstić information content (AvgIpc) is 2.85. The SMILES string of the molecule is CCCCOCCOC(=O)c1cc2cc(N)ccc2o1. The number of furan rings is 1. The van der Waals surface area contributed by atoms with E-state index >= 15 is 0 Å². The van der Waals surface area contributed by atoms with Crippen molar-refractivity contribution in [3.63, 3.8) is 0 Å². The van der Waals surface area contributed by atoms with Crippen molar-refractivity contribution in [1.29, 1.82) is 0 Å². The number of anilines is 1. The van der Waals surface area contributed by atoms with Crippen LogP contribution in [0.1, 0.15) is 30.3 Å². The number of hydrogen-bond acceptors (Lipinski definition) is 5. The Balaban J connectivity index is 1.85. The maximum Gasteiger partial charge on any atom is 0.374 e. The van der Waals surface area contributed by atoms with Gasteiger partial charge in [0.2, 0.25) is 5.76 Å². The molecule has 0 amide bonds. The molecule has 1 heterocycles. The van der Waals surface area contributed by atoms with Crippen molar-refractivity contribution in [2.75, 3.05) is 25.6 Å². The topological polar surface area (TPSA) is 74.7 Å². The van der Waals surface area contributed by atoms with E-state index in [-0.39, 0.29) is 12.4 Å². The van der Waals surface area contributed by atoms with E-state index in [1.807, 2.05) is 0 Å². The minimum atomic E-state index is -0.487. The van der Waals surface area contributed by atoms with Crippen LogP contribution < -0.4 is 5.73 Å². The fourth-order valence-corrected chi connectivity index (χ4v) is 1.78. The quantitative estimate of drug-likeness (QED) is 0.478. The maximum atomic E-state index is 11.8. The molecule has 20 heavy (non-hydrogen) atoms. The highest BCUT2D eigenvalue weighted by atomic mass is 16.6. The van der Waals surface area contributed by atoms with Gasteiger partial charge in [-0.2, -0.15) is 0 Å². The van der Waals surface area contributed by atoms with Gasteiger partial charge in [-0.05, 0) is 30.7 Å². The molecule has 2 rings (SSSR count). The molecule has 0 bridgehead atoms. The molecule has 0 saturated heterocycles. The predicted octanol–water partition coefficient (Wildman–Crippen LogP) is 2.99. The number of carbonyl (C=O) groups excluding carboxylic acids is 1. The van der Waals surface area contributed by atoms with Gasteiger partial charge in [-0.1, -0.05) is 13.3 Å². The van der Waals surface area contributed by atoms with Gasteiger partial charge in [-0.25, -0.2) is 4.79 Å². The van der Waals surface area contributed by atoms with Crippen LogP contribution in [0.5, 0.6) is 0 Å². The zero-order valence-electron chi connectivity index (χ0n) is 11.6. The molecule has 0 aliphatic heterocycles. The number of nitrogen functional groups attached to an aromatic ring is 1. The summed E-state index contributed by atoms with van der Waals surface area (Å²) in [6, 6.07) is 6.84. The number of fused-ring (bicyclic) bond motifs is 1. The minimum absolute atomic E-state index is 0.180. The van der Waals surface area contributed by atoms with Gasteiger partial charge >= 0.3 is 5.97 Å². The second kappa shape index (κ2) is 6.96. The molecule has 1 aromatic carbocycles. The minimum Gasteiger partial charge on any atom is -0.457 e. The largest absolute Gasteiger partial charge is 0.457 e. The summed E-state index contributed by atoms with van der Waals surface area (Å²) in [6.07, 6.45) is 2.10. The summed E-state index contributed by atoms with van der Waals surface area (Å²) in [5.74, 6) is -0.307. The second-order valence-electron chi connectivity index (χ2n) is 4.51. The van der Waals surface area contributed by atoms with E-state index in [1.54, 1.807) is 24.3 Å². The predicted molar refractivity (Wildman–Crippen MR) is 76.6 cm³/mol. The Labute approximate surface area is 117 Å².